The summed E-state index contributed by atoms with van der Waals surface area (Å²) in [6.45, 7) is 3.28. The Bertz CT molecular complexity index is 637. The number of hydrogen-bond donors (Lipinski definition) is 0. The van der Waals surface area contributed by atoms with Crippen molar-refractivity contribution in [3.05, 3.63) is 18.3 Å². The number of halogens is 3. The summed E-state index contributed by atoms with van der Waals surface area (Å²) in [7, 11) is 0. The van der Waals surface area contributed by atoms with Gasteiger partial charge in [0.1, 0.15) is 5.69 Å². The number of esters is 1. The maximum atomic E-state index is 12.3. The van der Waals surface area contributed by atoms with Crippen LogP contribution in [0.15, 0.2) is 16.9 Å². The van der Waals surface area contributed by atoms with Gasteiger partial charge in [0.25, 0.3) is 0 Å². The Morgan fingerprint density at radius 2 is 2.00 bits per heavy atom. The van der Waals surface area contributed by atoms with Crippen LogP contribution in [0.1, 0.15) is 19.7 Å². The first kappa shape index (κ1) is 14.9. The van der Waals surface area contributed by atoms with Crippen molar-refractivity contribution in [2.75, 3.05) is 0 Å². The van der Waals surface area contributed by atoms with E-state index >= 15 is 0 Å². The molecule has 0 saturated carbocycles. The monoisotopic (exact) mass is 302 g/mol. The molecule has 21 heavy (non-hydrogen) atoms. The molecule has 0 aliphatic carbocycles. The topological polar surface area (TPSA) is 91.0 Å². The van der Waals surface area contributed by atoms with Gasteiger partial charge in [0.05, 0.1) is 18.3 Å². The van der Waals surface area contributed by atoms with E-state index in [4.69, 9.17) is 4.74 Å². The fraction of sp³-hybridized carbons (Fsp3) is 0.364. The lowest BCUT2D eigenvalue weighted by Gasteiger charge is -2.04. The average molecular weight is 302 g/mol. The summed E-state index contributed by atoms with van der Waals surface area (Å²) in [6, 6.07) is 0. The molecule has 0 aliphatic heterocycles. The van der Waals surface area contributed by atoms with Gasteiger partial charge in [-0.3, -0.25) is 4.79 Å². The Hall–Kier alpha value is -2.52. The van der Waals surface area contributed by atoms with E-state index in [9.17, 15) is 18.0 Å². The van der Waals surface area contributed by atoms with Gasteiger partial charge in [0.15, 0.2) is 0 Å². The normalized spacial score (nSPS) is 11.7. The zero-order valence-electron chi connectivity index (χ0n) is 10.9. The Morgan fingerprint density at radius 1 is 1.29 bits per heavy atom. The van der Waals surface area contributed by atoms with Crippen LogP contribution in [0.5, 0.6) is 5.88 Å². The molecule has 0 spiro atoms. The Morgan fingerprint density at radius 3 is 2.48 bits per heavy atom. The fourth-order valence-corrected chi connectivity index (χ4v) is 1.15. The Balaban J connectivity index is 2.16. The third-order valence-corrected chi connectivity index (χ3v) is 2.20. The van der Waals surface area contributed by atoms with Gasteiger partial charge in [-0.2, -0.15) is 18.2 Å². The van der Waals surface area contributed by atoms with Gasteiger partial charge >= 0.3 is 18.0 Å². The van der Waals surface area contributed by atoms with Gasteiger partial charge in [-0.1, -0.05) is 19.0 Å². The first-order valence-electron chi connectivity index (χ1n) is 5.72. The summed E-state index contributed by atoms with van der Waals surface area (Å²) in [4.78, 5) is 22.0. The molecule has 0 radical (unpaired) electrons. The van der Waals surface area contributed by atoms with E-state index in [0.717, 1.165) is 12.4 Å². The number of rotatable bonds is 3. The third-order valence-electron chi connectivity index (χ3n) is 2.20. The minimum absolute atomic E-state index is 0.0430. The molecule has 2 rings (SSSR count). The molecule has 0 saturated heterocycles. The highest BCUT2D eigenvalue weighted by atomic mass is 19.4. The second-order valence-corrected chi connectivity index (χ2v) is 4.24. The summed E-state index contributed by atoms with van der Waals surface area (Å²) in [6.07, 6.45) is -2.57. The number of hydrogen-bond acceptors (Lipinski definition) is 7. The van der Waals surface area contributed by atoms with E-state index in [-0.39, 0.29) is 23.3 Å². The molecular formula is C11H9F3N4O3. The summed E-state index contributed by atoms with van der Waals surface area (Å²) >= 11 is 0. The zero-order chi connectivity index (χ0) is 15.6. The molecule has 0 atom stereocenters. The molecule has 112 valence electrons. The van der Waals surface area contributed by atoms with E-state index in [0.29, 0.717) is 0 Å². The van der Waals surface area contributed by atoms with E-state index in [1.54, 1.807) is 13.8 Å². The molecule has 2 aromatic heterocycles. The smallest absolute Gasteiger partial charge is 0.406 e. The predicted molar refractivity (Wildman–Crippen MR) is 60.8 cm³/mol. The predicted octanol–water partition coefficient (Wildman–Crippen LogP) is 2.11. The molecule has 2 aromatic rings. The van der Waals surface area contributed by atoms with Crippen molar-refractivity contribution in [1.29, 1.82) is 0 Å². The standard InChI is InChI=1S/C11H9F3N4O3/c1-5(2)9(19)20-7-4-15-6(3-16-7)8-17-10(21-18-8)11(12,13)14/h3-5H,1-2H3. The molecule has 0 unspecified atom stereocenters. The van der Waals surface area contributed by atoms with Crippen molar-refractivity contribution < 1.29 is 27.2 Å². The van der Waals surface area contributed by atoms with Gasteiger partial charge in [0.2, 0.25) is 11.7 Å². The minimum atomic E-state index is -4.73. The lowest BCUT2D eigenvalue weighted by Crippen LogP contribution is -2.15. The van der Waals surface area contributed by atoms with Crippen LogP contribution in [-0.4, -0.2) is 26.1 Å². The van der Waals surface area contributed by atoms with Crippen LogP contribution in [0.2, 0.25) is 0 Å². The SMILES string of the molecule is CC(C)C(=O)Oc1cnc(-c2noc(C(F)(F)F)n2)cn1. The maximum Gasteiger partial charge on any atom is 0.471 e. The van der Waals surface area contributed by atoms with Crippen LogP contribution in [0.3, 0.4) is 0 Å². The summed E-state index contributed by atoms with van der Waals surface area (Å²) < 4.78 is 45.9. The van der Waals surface area contributed by atoms with Crippen molar-refractivity contribution in [2.24, 2.45) is 5.92 Å². The lowest BCUT2D eigenvalue weighted by atomic mass is 10.2. The van der Waals surface area contributed by atoms with Crippen LogP contribution in [0, 0.1) is 5.92 Å². The number of ether oxygens (including phenoxy) is 1. The molecule has 0 aliphatic rings. The van der Waals surface area contributed by atoms with Crippen LogP contribution >= 0.6 is 0 Å². The highest BCUT2D eigenvalue weighted by Gasteiger charge is 2.38. The zero-order valence-corrected chi connectivity index (χ0v) is 10.9. The number of alkyl halides is 3. The maximum absolute atomic E-state index is 12.3. The van der Waals surface area contributed by atoms with Gasteiger partial charge in [-0.15, -0.1) is 0 Å². The molecular weight excluding hydrogens is 293 g/mol. The summed E-state index contributed by atoms with van der Waals surface area (Å²) in [5.41, 5.74) is -0.0430. The van der Waals surface area contributed by atoms with Crippen molar-refractivity contribution in [2.45, 2.75) is 20.0 Å². The Labute approximate surface area is 116 Å². The van der Waals surface area contributed by atoms with E-state index < -0.39 is 18.0 Å². The third kappa shape index (κ3) is 3.52. The molecule has 2 heterocycles. The average Bonchev–Trinajstić information content (AvgIpc) is 2.89. The summed E-state index contributed by atoms with van der Waals surface area (Å²) in [5, 5.41) is 3.16. The van der Waals surface area contributed by atoms with Gasteiger partial charge in [-0.25, -0.2) is 9.97 Å². The van der Waals surface area contributed by atoms with Crippen LogP contribution in [0.25, 0.3) is 11.5 Å². The van der Waals surface area contributed by atoms with E-state index in [1.807, 2.05) is 0 Å². The molecule has 0 bridgehead atoms. The van der Waals surface area contributed by atoms with Crippen molar-refractivity contribution >= 4 is 5.97 Å². The largest absolute Gasteiger partial charge is 0.471 e. The van der Waals surface area contributed by atoms with E-state index in [2.05, 4.69) is 24.6 Å². The highest BCUT2D eigenvalue weighted by molar-refractivity contribution is 5.73. The minimum Gasteiger partial charge on any atom is -0.406 e. The van der Waals surface area contributed by atoms with Gasteiger partial charge in [-0.05, 0) is 0 Å². The van der Waals surface area contributed by atoms with Crippen molar-refractivity contribution in [1.82, 2.24) is 20.1 Å². The molecule has 10 heteroatoms. The number of carbonyl (C=O) groups is 1. The second-order valence-electron chi connectivity index (χ2n) is 4.24. The van der Waals surface area contributed by atoms with Gasteiger partial charge < -0.3 is 9.26 Å². The quantitative estimate of drug-likeness (QED) is 0.802. The van der Waals surface area contributed by atoms with Crippen LogP contribution < -0.4 is 4.74 Å². The van der Waals surface area contributed by atoms with Crippen molar-refractivity contribution in [3.63, 3.8) is 0 Å². The van der Waals surface area contributed by atoms with E-state index in [1.165, 1.54) is 0 Å². The number of carbonyl (C=O) groups excluding carboxylic acids is 1. The van der Waals surface area contributed by atoms with Crippen molar-refractivity contribution in [3.8, 4) is 17.4 Å². The summed E-state index contributed by atoms with van der Waals surface area (Å²) in [5.74, 6) is -2.77. The molecule has 0 fully saturated rings. The van der Waals surface area contributed by atoms with Gasteiger partial charge in [0, 0.05) is 0 Å². The molecule has 0 N–H and O–H groups in total. The lowest BCUT2D eigenvalue weighted by molar-refractivity contribution is -0.159. The number of nitrogens with zero attached hydrogens (tertiary/aromatic N) is 4. The number of aromatic nitrogens is 4. The van der Waals surface area contributed by atoms with Crippen LogP contribution in [0.4, 0.5) is 13.2 Å². The second kappa shape index (κ2) is 5.46. The fourth-order valence-electron chi connectivity index (χ4n) is 1.15. The molecule has 0 aromatic carbocycles. The first-order chi connectivity index (χ1) is 9.77. The molecule has 0 amide bonds. The molecule has 7 nitrogen and oxygen atoms in total. The van der Waals surface area contributed by atoms with Crippen LogP contribution in [-0.2, 0) is 11.0 Å². The first-order valence-corrected chi connectivity index (χ1v) is 5.72. The Kier molecular flexibility index (Phi) is 3.87. The highest BCUT2D eigenvalue weighted by Crippen LogP contribution is 2.28.